The van der Waals surface area contributed by atoms with Crippen LogP contribution in [0.3, 0.4) is 0 Å². The molecular weight excluding hydrogens is 162 g/mol. The van der Waals surface area contributed by atoms with Gasteiger partial charge in [0.1, 0.15) is 0 Å². The summed E-state index contributed by atoms with van der Waals surface area (Å²) in [6.45, 7) is 7.54. The molecule has 0 atom stereocenters. The van der Waals surface area contributed by atoms with Gasteiger partial charge in [-0.25, -0.2) is 0 Å². The van der Waals surface area contributed by atoms with Crippen LogP contribution in [-0.4, -0.2) is 16.8 Å². The summed E-state index contributed by atoms with van der Waals surface area (Å²) in [5.74, 6) is 0. The van der Waals surface area contributed by atoms with Crippen LogP contribution in [0.5, 0.6) is 0 Å². The molecule has 0 aliphatic rings. The first kappa shape index (κ1) is 9.99. The highest BCUT2D eigenvalue weighted by Crippen LogP contribution is 2.05. The standard InChI is InChI=1S/C10H17N3/c1-4-5-6-13-8-10(7-11-3)9(2)12-13/h4,8,11H,1,5-7H2,2-3H3. The van der Waals surface area contributed by atoms with Crippen LogP contribution in [0.15, 0.2) is 18.9 Å². The van der Waals surface area contributed by atoms with Crippen molar-refractivity contribution in [1.29, 1.82) is 0 Å². The molecule has 0 spiro atoms. The third kappa shape index (κ3) is 2.70. The fourth-order valence-corrected chi connectivity index (χ4v) is 1.26. The number of hydrogen-bond acceptors (Lipinski definition) is 2. The van der Waals surface area contributed by atoms with Crippen molar-refractivity contribution < 1.29 is 0 Å². The van der Waals surface area contributed by atoms with E-state index >= 15 is 0 Å². The van der Waals surface area contributed by atoms with E-state index in [-0.39, 0.29) is 0 Å². The van der Waals surface area contributed by atoms with E-state index in [2.05, 4.69) is 23.2 Å². The van der Waals surface area contributed by atoms with Crippen molar-refractivity contribution in [3.8, 4) is 0 Å². The number of nitrogens with zero attached hydrogens (tertiary/aromatic N) is 2. The first-order valence-corrected chi connectivity index (χ1v) is 4.56. The van der Waals surface area contributed by atoms with Gasteiger partial charge in [0.05, 0.1) is 5.69 Å². The van der Waals surface area contributed by atoms with E-state index < -0.39 is 0 Å². The van der Waals surface area contributed by atoms with Gasteiger partial charge in [0, 0.05) is 24.8 Å². The maximum atomic E-state index is 4.40. The normalized spacial score (nSPS) is 10.3. The molecule has 0 saturated heterocycles. The molecule has 0 aromatic carbocycles. The quantitative estimate of drug-likeness (QED) is 0.694. The Labute approximate surface area is 79.5 Å². The molecule has 0 bridgehead atoms. The summed E-state index contributed by atoms with van der Waals surface area (Å²) in [4.78, 5) is 0. The Morgan fingerprint density at radius 1 is 1.69 bits per heavy atom. The van der Waals surface area contributed by atoms with E-state index in [4.69, 9.17) is 0 Å². The second kappa shape index (κ2) is 4.82. The molecule has 1 heterocycles. The summed E-state index contributed by atoms with van der Waals surface area (Å²) in [6, 6.07) is 0. The van der Waals surface area contributed by atoms with Crippen LogP contribution in [0, 0.1) is 6.92 Å². The molecule has 0 aliphatic carbocycles. The Morgan fingerprint density at radius 3 is 3.08 bits per heavy atom. The Hall–Kier alpha value is -1.09. The highest BCUT2D eigenvalue weighted by molar-refractivity contribution is 5.14. The lowest BCUT2D eigenvalue weighted by molar-refractivity contribution is 0.618. The lowest BCUT2D eigenvalue weighted by atomic mass is 10.3. The van der Waals surface area contributed by atoms with E-state index in [0.717, 1.165) is 25.2 Å². The average Bonchev–Trinajstić information content (AvgIpc) is 2.45. The summed E-state index contributed by atoms with van der Waals surface area (Å²) in [6.07, 6.45) is 4.98. The van der Waals surface area contributed by atoms with Crippen molar-refractivity contribution in [3.05, 3.63) is 30.1 Å². The summed E-state index contributed by atoms with van der Waals surface area (Å²) in [7, 11) is 1.94. The second-order valence-electron chi connectivity index (χ2n) is 3.11. The Morgan fingerprint density at radius 2 is 2.46 bits per heavy atom. The van der Waals surface area contributed by atoms with E-state index in [0.29, 0.717) is 0 Å². The minimum Gasteiger partial charge on any atom is -0.316 e. The molecule has 1 aromatic rings. The number of aryl methyl sites for hydroxylation is 2. The van der Waals surface area contributed by atoms with Gasteiger partial charge < -0.3 is 5.32 Å². The predicted molar refractivity (Wildman–Crippen MR) is 54.5 cm³/mol. The van der Waals surface area contributed by atoms with Crippen LogP contribution < -0.4 is 5.32 Å². The predicted octanol–water partition coefficient (Wildman–Crippen LogP) is 1.49. The van der Waals surface area contributed by atoms with Crippen LogP contribution in [0.1, 0.15) is 17.7 Å². The van der Waals surface area contributed by atoms with Crippen molar-refractivity contribution >= 4 is 0 Å². The first-order chi connectivity index (χ1) is 6.27. The van der Waals surface area contributed by atoms with Crippen molar-refractivity contribution in [2.75, 3.05) is 7.05 Å². The second-order valence-corrected chi connectivity index (χ2v) is 3.11. The van der Waals surface area contributed by atoms with E-state index in [1.54, 1.807) is 0 Å². The zero-order valence-corrected chi connectivity index (χ0v) is 8.38. The Bertz CT molecular complexity index is 276. The highest BCUT2D eigenvalue weighted by Gasteiger charge is 2.02. The van der Waals surface area contributed by atoms with Gasteiger partial charge in [-0.1, -0.05) is 6.08 Å². The number of nitrogens with one attached hydrogen (secondary N) is 1. The lowest BCUT2D eigenvalue weighted by Gasteiger charge is -1.95. The average molecular weight is 179 g/mol. The minimum atomic E-state index is 0.889. The number of hydrogen-bond donors (Lipinski definition) is 1. The van der Waals surface area contributed by atoms with Crippen molar-refractivity contribution in [2.24, 2.45) is 0 Å². The minimum absolute atomic E-state index is 0.889. The van der Waals surface area contributed by atoms with Crippen molar-refractivity contribution in [2.45, 2.75) is 26.4 Å². The molecule has 3 heteroatoms. The van der Waals surface area contributed by atoms with Crippen LogP contribution in [-0.2, 0) is 13.1 Å². The highest BCUT2D eigenvalue weighted by atomic mass is 15.3. The van der Waals surface area contributed by atoms with Crippen molar-refractivity contribution in [1.82, 2.24) is 15.1 Å². The molecule has 1 N–H and O–H groups in total. The number of aromatic nitrogens is 2. The Kier molecular flexibility index (Phi) is 3.71. The van der Waals surface area contributed by atoms with Crippen molar-refractivity contribution in [3.63, 3.8) is 0 Å². The lowest BCUT2D eigenvalue weighted by Crippen LogP contribution is -2.05. The maximum absolute atomic E-state index is 4.40. The van der Waals surface area contributed by atoms with Crippen LogP contribution in [0.25, 0.3) is 0 Å². The zero-order chi connectivity index (χ0) is 9.68. The first-order valence-electron chi connectivity index (χ1n) is 4.56. The molecule has 1 aromatic heterocycles. The summed E-state index contributed by atoms with van der Waals surface area (Å²) in [5.41, 5.74) is 2.38. The molecule has 13 heavy (non-hydrogen) atoms. The van der Waals surface area contributed by atoms with Gasteiger partial charge in [-0.3, -0.25) is 4.68 Å². The molecule has 0 unspecified atom stereocenters. The molecule has 0 fully saturated rings. The molecule has 0 saturated carbocycles. The third-order valence-electron chi connectivity index (χ3n) is 1.98. The summed E-state index contributed by atoms with van der Waals surface area (Å²) < 4.78 is 1.98. The maximum Gasteiger partial charge on any atom is 0.0638 e. The van der Waals surface area contributed by atoms with Gasteiger partial charge >= 0.3 is 0 Å². The van der Waals surface area contributed by atoms with Gasteiger partial charge in [-0.05, 0) is 20.4 Å². The van der Waals surface area contributed by atoms with Gasteiger partial charge in [0.25, 0.3) is 0 Å². The SMILES string of the molecule is C=CCCn1cc(CNC)c(C)n1. The third-order valence-corrected chi connectivity index (χ3v) is 1.98. The van der Waals surface area contributed by atoms with Crippen LogP contribution >= 0.6 is 0 Å². The molecule has 0 radical (unpaired) electrons. The van der Waals surface area contributed by atoms with Crippen LogP contribution in [0.4, 0.5) is 0 Å². The number of rotatable bonds is 5. The summed E-state index contributed by atoms with van der Waals surface area (Å²) >= 11 is 0. The van der Waals surface area contributed by atoms with Gasteiger partial charge in [-0.2, -0.15) is 5.10 Å². The molecular formula is C10H17N3. The molecule has 0 aliphatic heterocycles. The Balaban J connectivity index is 2.64. The summed E-state index contributed by atoms with van der Waals surface area (Å²) in [5, 5.41) is 7.52. The van der Waals surface area contributed by atoms with Gasteiger partial charge in [0.15, 0.2) is 0 Å². The monoisotopic (exact) mass is 179 g/mol. The van der Waals surface area contributed by atoms with E-state index in [1.165, 1.54) is 5.56 Å². The fourth-order valence-electron chi connectivity index (χ4n) is 1.26. The topological polar surface area (TPSA) is 29.9 Å². The number of allylic oxidation sites excluding steroid dienone is 1. The van der Waals surface area contributed by atoms with E-state index in [1.807, 2.05) is 24.7 Å². The van der Waals surface area contributed by atoms with Crippen LogP contribution in [0.2, 0.25) is 0 Å². The molecule has 1 rings (SSSR count). The molecule has 3 nitrogen and oxygen atoms in total. The van der Waals surface area contributed by atoms with Gasteiger partial charge in [-0.15, -0.1) is 6.58 Å². The fraction of sp³-hybridized carbons (Fsp3) is 0.500. The smallest absolute Gasteiger partial charge is 0.0638 e. The molecule has 72 valence electrons. The van der Waals surface area contributed by atoms with Gasteiger partial charge in [0.2, 0.25) is 0 Å². The van der Waals surface area contributed by atoms with E-state index in [9.17, 15) is 0 Å². The zero-order valence-electron chi connectivity index (χ0n) is 8.38. The molecule has 0 amide bonds. The largest absolute Gasteiger partial charge is 0.316 e.